The van der Waals surface area contributed by atoms with Gasteiger partial charge in [-0.1, -0.05) is 17.7 Å². The molecular weight excluding hydrogens is 302 g/mol. The summed E-state index contributed by atoms with van der Waals surface area (Å²) in [5.74, 6) is 0.458. The fraction of sp³-hybridized carbons (Fsp3) is 0.562. The van der Waals surface area contributed by atoms with Crippen molar-refractivity contribution >= 4 is 15.9 Å². The van der Waals surface area contributed by atoms with E-state index in [0.29, 0.717) is 5.78 Å². The average Bonchev–Trinajstić information content (AvgIpc) is 2.47. The number of quaternary nitrogens is 1. The van der Waals surface area contributed by atoms with Crippen molar-refractivity contribution in [2.75, 3.05) is 26.2 Å². The second kappa shape index (κ2) is 7.85. The van der Waals surface area contributed by atoms with Crippen molar-refractivity contribution in [2.24, 2.45) is 0 Å². The predicted molar refractivity (Wildman–Crippen MR) is 84.5 cm³/mol. The van der Waals surface area contributed by atoms with Gasteiger partial charge in [0.05, 0.1) is 24.5 Å². The van der Waals surface area contributed by atoms with E-state index < -0.39 is 10.1 Å². The minimum atomic E-state index is -4.27. The zero-order chi connectivity index (χ0) is 16.8. The number of carbonyl (C=O) groups is 1. The van der Waals surface area contributed by atoms with E-state index in [0.717, 1.165) is 42.5 Å². The van der Waals surface area contributed by atoms with Crippen LogP contribution < -0.4 is 0 Å². The first-order chi connectivity index (χ1) is 10.2. The summed E-state index contributed by atoms with van der Waals surface area (Å²) in [6.07, 6.45) is 1.92. The van der Waals surface area contributed by atoms with Gasteiger partial charge < -0.3 is 9.04 Å². The Hall–Kier alpha value is -1.24. The molecule has 0 aliphatic carbocycles. The van der Waals surface area contributed by atoms with Crippen molar-refractivity contribution in [3.63, 3.8) is 0 Å². The van der Waals surface area contributed by atoms with Crippen molar-refractivity contribution in [1.29, 1.82) is 0 Å². The molecule has 0 saturated carbocycles. The summed E-state index contributed by atoms with van der Waals surface area (Å²) in [6, 6.07) is 5.78. The van der Waals surface area contributed by atoms with Crippen molar-refractivity contribution in [1.82, 2.24) is 0 Å². The van der Waals surface area contributed by atoms with Crippen LogP contribution in [0.5, 0.6) is 0 Å². The number of likely N-dealkylation sites (tertiary alicyclic amines) is 1. The zero-order valence-corrected chi connectivity index (χ0v) is 14.4. The highest BCUT2D eigenvalue weighted by Gasteiger charge is 2.30. The second-order valence-corrected chi connectivity index (χ2v) is 7.14. The molecule has 0 aromatic heterocycles. The predicted octanol–water partition coefficient (Wildman–Crippen LogP) is 2.11. The van der Waals surface area contributed by atoms with Gasteiger partial charge in [0, 0.05) is 12.8 Å². The van der Waals surface area contributed by atoms with Gasteiger partial charge in [-0.15, -0.1) is 0 Å². The van der Waals surface area contributed by atoms with Crippen LogP contribution >= 0.6 is 0 Å². The number of carbonyl (C=O) groups excluding carboxylic acids is 1. The van der Waals surface area contributed by atoms with Crippen LogP contribution in [0.1, 0.15) is 32.3 Å². The maximum Gasteiger partial charge on any atom is 0.187 e. The molecule has 0 radical (unpaired) electrons. The molecule has 1 aromatic rings. The Bertz CT molecular complexity index is 589. The number of likely N-dealkylation sites (N-methyl/N-ethyl adjacent to an activating group) is 1. The third kappa shape index (κ3) is 5.51. The molecule has 22 heavy (non-hydrogen) atoms. The first-order valence-corrected chi connectivity index (χ1v) is 9.02. The molecule has 1 aromatic carbocycles. The van der Waals surface area contributed by atoms with Crippen LogP contribution in [0.3, 0.4) is 0 Å². The molecule has 6 heteroatoms. The molecule has 1 heterocycles. The Morgan fingerprint density at radius 2 is 1.68 bits per heavy atom. The number of Topliss-reactive ketones (excluding diaryl/α,β-unsaturated/α-hetero) is 1. The maximum atomic E-state index is 11.2. The quantitative estimate of drug-likeness (QED) is 0.629. The van der Waals surface area contributed by atoms with Gasteiger partial charge in [-0.3, -0.25) is 4.79 Å². The van der Waals surface area contributed by atoms with Crippen molar-refractivity contribution in [3.8, 4) is 0 Å². The molecule has 5 nitrogen and oxygen atoms in total. The molecule has 1 saturated heterocycles. The number of rotatable bonds is 3. The first-order valence-electron chi connectivity index (χ1n) is 7.62. The molecule has 1 fully saturated rings. The van der Waals surface area contributed by atoms with Crippen molar-refractivity contribution < 1.29 is 22.2 Å². The first kappa shape index (κ1) is 18.8. The van der Waals surface area contributed by atoms with Gasteiger partial charge in [-0.2, -0.15) is 0 Å². The van der Waals surface area contributed by atoms with E-state index in [2.05, 4.69) is 13.8 Å². The minimum absolute atomic E-state index is 0.178. The lowest BCUT2D eigenvalue weighted by atomic mass is 10.1. The SMILES string of the molecule is CC[N+]1(CC)CCCC(=O)C1.Cc1ccc(S(=O)(=O)[O-])cc1. The number of aryl methyl sites for hydroxylation is 1. The Balaban J connectivity index is 0.000000220. The van der Waals surface area contributed by atoms with Gasteiger partial charge in [0.25, 0.3) is 0 Å². The maximum absolute atomic E-state index is 11.2. The average molecular weight is 327 g/mol. The summed E-state index contributed by atoms with van der Waals surface area (Å²) in [5.41, 5.74) is 0.928. The van der Waals surface area contributed by atoms with Crippen LogP contribution in [0.2, 0.25) is 0 Å². The van der Waals surface area contributed by atoms with Gasteiger partial charge in [-0.25, -0.2) is 8.42 Å². The summed E-state index contributed by atoms with van der Waals surface area (Å²) in [5, 5.41) is 0. The Morgan fingerprint density at radius 3 is 2.05 bits per heavy atom. The highest BCUT2D eigenvalue weighted by atomic mass is 32.2. The fourth-order valence-corrected chi connectivity index (χ4v) is 3.08. The van der Waals surface area contributed by atoms with Crippen LogP contribution in [0.4, 0.5) is 0 Å². The van der Waals surface area contributed by atoms with E-state index in [1.54, 1.807) is 12.1 Å². The molecule has 0 bridgehead atoms. The van der Waals surface area contributed by atoms with Crippen LogP contribution in [-0.2, 0) is 14.9 Å². The zero-order valence-electron chi connectivity index (χ0n) is 13.5. The molecular formula is C16H25NO4S. The number of hydrogen-bond donors (Lipinski definition) is 0. The van der Waals surface area contributed by atoms with Gasteiger partial charge in [0.15, 0.2) is 5.78 Å². The largest absolute Gasteiger partial charge is 0.744 e. The molecule has 0 atom stereocenters. The van der Waals surface area contributed by atoms with Crippen molar-refractivity contribution in [3.05, 3.63) is 29.8 Å². The molecule has 1 aliphatic rings. The summed E-state index contributed by atoms with van der Waals surface area (Å²) < 4.78 is 32.2. The number of piperidine rings is 1. The summed E-state index contributed by atoms with van der Waals surface area (Å²) in [6.45, 7) is 10.4. The smallest absolute Gasteiger partial charge is 0.187 e. The molecule has 0 spiro atoms. The van der Waals surface area contributed by atoms with Gasteiger partial charge in [-0.05, 0) is 32.9 Å². The Morgan fingerprint density at radius 1 is 1.14 bits per heavy atom. The van der Waals surface area contributed by atoms with Crippen LogP contribution in [0, 0.1) is 6.92 Å². The van der Waals surface area contributed by atoms with E-state index in [4.69, 9.17) is 0 Å². The van der Waals surface area contributed by atoms with E-state index in [1.165, 1.54) is 18.7 Å². The highest BCUT2D eigenvalue weighted by molar-refractivity contribution is 7.85. The van der Waals surface area contributed by atoms with Gasteiger partial charge >= 0.3 is 0 Å². The Labute approximate surface area is 133 Å². The van der Waals surface area contributed by atoms with Gasteiger partial charge in [0.2, 0.25) is 0 Å². The summed E-state index contributed by atoms with van der Waals surface area (Å²) >= 11 is 0. The normalized spacial score (nSPS) is 17.5. The van der Waals surface area contributed by atoms with E-state index in [1.807, 2.05) is 6.92 Å². The lowest BCUT2D eigenvalue weighted by Gasteiger charge is -2.38. The number of nitrogens with zero attached hydrogens (tertiary/aromatic N) is 1. The topological polar surface area (TPSA) is 74.3 Å². The third-order valence-corrected chi connectivity index (χ3v) is 5.10. The number of hydrogen-bond acceptors (Lipinski definition) is 4. The van der Waals surface area contributed by atoms with E-state index in [9.17, 15) is 17.8 Å². The number of ketones is 1. The van der Waals surface area contributed by atoms with E-state index in [-0.39, 0.29) is 4.90 Å². The lowest BCUT2D eigenvalue weighted by Crippen LogP contribution is -2.54. The van der Waals surface area contributed by atoms with Crippen LogP contribution in [-0.4, -0.2) is 49.4 Å². The second-order valence-electron chi connectivity index (χ2n) is 5.77. The van der Waals surface area contributed by atoms with E-state index >= 15 is 0 Å². The fourth-order valence-electron chi connectivity index (χ4n) is 2.61. The standard InChI is InChI=1S/C9H18NO.C7H8O3S/c1-3-10(4-2)7-5-6-9(11)8-10;1-6-2-4-7(5-3-6)11(8,9)10/h3-8H2,1-2H3;2-5H,1H3,(H,8,9,10)/q+1;/p-1. The summed E-state index contributed by atoms with van der Waals surface area (Å²) in [7, 11) is -4.27. The monoisotopic (exact) mass is 327 g/mol. The molecule has 0 N–H and O–H groups in total. The van der Waals surface area contributed by atoms with Crippen LogP contribution in [0.15, 0.2) is 29.2 Å². The molecule has 0 amide bonds. The lowest BCUT2D eigenvalue weighted by molar-refractivity contribution is -0.919. The highest BCUT2D eigenvalue weighted by Crippen LogP contribution is 2.15. The number of benzene rings is 1. The third-order valence-electron chi connectivity index (χ3n) is 4.25. The molecule has 2 rings (SSSR count). The molecule has 124 valence electrons. The van der Waals surface area contributed by atoms with Crippen LogP contribution in [0.25, 0.3) is 0 Å². The summed E-state index contributed by atoms with van der Waals surface area (Å²) in [4.78, 5) is 11.0. The molecule has 1 aliphatic heterocycles. The Kier molecular flexibility index (Phi) is 6.71. The van der Waals surface area contributed by atoms with Gasteiger partial charge in [0.1, 0.15) is 16.7 Å². The van der Waals surface area contributed by atoms with Crippen molar-refractivity contribution in [2.45, 2.75) is 38.5 Å². The minimum Gasteiger partial charge on any atom is -0.744 e. The molecule has 0 unspecified atom stereocenters.